The van der Waals surface area contributed by atoms with Crippen molar-refractivity contribution in [1.82, 2.24) is 15.1 Å². The molecule has 0 aromatic heterocycles. The minimum absolute atomic E-state index is 0.0355. The van der Waals surface area contributed by atoms with Crippen LogP contribution < -0.4 is 24.3 Å². The van der Waals surface area contributed by atoms with Crippen molar-refractivity contribution < 1.29 is 48.6 Å². The Balaban J connectivity index is 1.35. The molecule has 3 aromatic rings. The molecular formula is C39H40N4O10S. The molecule has 54 heavy (non-hydrogen) atoms. The molecule has 0 radical (unpaired) electrons. The summed E-state index contributed by atoms with van der Waals surface area (Å²) in [4.78, 5) is 31.8. The Kier molecular flexibility index (Phi) is 7.79. The van der Waals surface area contributed by atoms with Gasteiger partial charge in [-0.2, -0.15) is 5.26 Å². The number of rotatable bonds is 2. The molecular weight excluding hydrogens is 717 g/mol. The van der Waals surface area contributed by atoms with E-state index >= 15 is 0 Å². The fourth-order valence-corrected chi connectivity index (χ4v) is 11.7. The second-order valence-electron chi connectivity index (χ2n) is 15.1. The second-order valence-corrected chi connectivity index (χ2v) is 16.2. The number of esters is 2. The number of piperazine rings is 1. The first kappa shape index (κ1) is 34.9. The van der Waals surface area contributed by atoms with Crippen LogP contribution in [0.5, 0.6) is 40.2 Å². The highest BCUT2D eigenvalue weighted by atomic mass is 32.2. The number of phenolic OH excluding ortho intramolecular Hbond substituents is 3. The van der Waals surface area contributed by atoms with Crippen LogP contribution in [0.4, 0.5) is 0 Å². The molecule has 2 unspecified atom stereocenters. The largest absolute Gasteiger partial charge is 0.504 e. The summed E-state index contributed by atoms with van der Waals surface area (Å²) >= 11 is 1.44. The van der Waals surface area contributed by atoms with E-state index in [2.05, 4.69) is 21.2 Å². The SMILES string of the molecule is COc1cc2c(cc1O)CCN[C@]21CS[C@@H]2c3c(OC(C)=O)c(C)c4c(c3[C@H](COC1=O)N1C2[C@H]2c3c(cc(C)c(O)c3O)C[C@]1(C#N)CN2C)OCO4. The van der Waals surface area contributed by atoms with Gasteiger partial charge in [0.1, 0.15) is 17.9 Å². The van der Waals surface area contributed by atoms with E-state index in [-0.39, 0.29) is 55.1 Å². The maximum atomic E-state index is 14.8. The van der Waals surface area contributed by atoms with Gasteiger partial charge in [0.05, 0.1) is 30.5 Å². The predicted molar refractivity (Wildman–Crippen MR) is 193 cm³/mol. The van der Waals surface area contributed by atoms with Crippen LogP contribution in [-0.4, -0.2) is 95.0 Å². The smallest absolute Gasteiger partial charge is 0.331 e. The number of nitrogens with zero attached hydrogens (tertiary/aromatic N) is 3. The molecule has 282 valence electrons. The van der Waals surface area contributed by atoms with Crippen LogP contribution in [-0.2, 0) is 32.7 Å². The van der Waals surface area contributed by atoms with E-state index in [4.69, 9.17) is 23.7 Å². The van der Waals surface area contributed by atoms with E-state index in [0.717, 1.165) is 11.1 Å². The number of aryl methyl sites for hydroxylation is 1. The average Bonchev–Trinajstić information content (AvgIpc) is 3.55. The van der Waals surface area contributed by atoms with Crippen molar-refractivity contribution in [2.75, 3.05) is 46.4 Å². The zero-order valence-electron chi connectivity index (χ0n) is 30.4. The van der Waals surface area contributed by atoms with Gasteiger partial charge in [-0.15, -0.1) is 11.8 Å². The monoisotopic (exact) mass is 756 g/mol. The molecule has 4 bridgehead atoms. The van der Waals surface area contributed by atoms with Gasteiger partial charge in [-0.1, -0.05) is 6.07 Å². The minimum Gasteiger partial charge on any atom is -0.504 e. The third-order valence-corrected chi connectivity index (χ3v) is 13.6. The fourth-order valence-electron chi connectivity index (χ4n) is 10.0. The number of carbonyl (C=O) groups excluding carboxylic acids is 2. The maximum absolute atomic E-state index is 14.8. The van der Waals surface area contributed by atoms with Gasteiger partial charge >= 0.3 is 11.9 Å². The standard InChI is InChI=1S/C39H40N4O10S/c1-17-8-21-11-38(13-40)14-42(4)29(26(21)32(47)31(17)46)30-36-28-27(35-34(51-16-52-35)18(2)33(28)53-19(3)44)23(43(30)38)12-50-37(48)39(15-54-36)22-10-25(49-5)24(45)9-20(22)6-7-41-39/h8-10,23,29-30,36,41,45-47H,6-7,11-12,14-16H2,1-5H3/t23-,29+,30?,36+,38-,39+/m0/s1. The molecule has 2 fully saturated rings. The second kappa shape index (κ2) is 12.1. The number of nitriles is 1. The molecule has 4 N–H and O–H groups in total. The van der Waals surface area contributed by atoms with Crippen molar-refractivity contribution in [1.29, 1.82) is 5.26 Å². The lowest BCUT2D eigenvalue weighted by Gasteiger charge is -2.60. The Labute approximate surface area is 315 Å². The van der Waals surface area contributed by atoms with Gasteiger partial charge in [0.15, 0.2) is 40.0 Å². The normalized spacial score (nSPS) is 30.3. The number of fused-ring (bicyclic) bond motifs is 6. The third kappa shape index (κ3) is 4.57. The first-order valence-electron chi connectivity index (χ1n) is 17.9. The van der Waals surface area contributed by atoms with Crippen LogP contribution in [0, 0.1) is 25.2 Å². The number of hydrogen-bond acceptors (Lipinski definition) is 15. The summed E-state index contributed by atoms with van der Waals surface area (Å²) in [7, 11) is 3.36. The summed E-state index contributed by atoms with van der Waals surface area (Å²) in [6.45, 7) is 5.28. The minimum atomic E-state index is -1.38. The van der Waals surface area contributed by atoms with Gasteiger partial charge in [0.25, 0.3) is 0 Å². The van der Waals surface area contributed by atoms with E-state index in [9.17, 15) is 30.2 Å². The number of nitrogens with one attached hydrogen (secondary N) is 1. The first-order valence-corrected chi connectivity index (χ1v) is 18.9. The summed E-state index contributed by atoms with van der Waals surface area (Å²) in [6.07, 6.45) is 0.764. The van der Waals surface area contributed by atoms with Crippen LogP contribution in [0.3, 0.4) is 0 Å². The lowest BCUT2D eigenvalue weighted by molar-refractivity contribution is -0.158. The number of phenols is 3. The predicted octanol–water partition coefficient (Wildman–Crippen LogP) is 3.69. The van der Waals surface area contributed by atoms with Crippen molar-refractivity contribution >= 4 is 23.7 Å². The summed E-state index contributed by atoms with van der Waals surface area (Å²) in [5.74, 6) is -0.0787. The van der Waals surface area contributed by atoms with E-state index in [1.165, 1.54) is 25.8 Å². The van der Waals surface area contributed by atoms with Crippen LogP contribution in [0.2, 0.25) is 0 Å². The molecule has 11 rings (SSSR count). The first-order chi connectivity index (χ1) is 25.9. The Hall–Kier alpha value is -4.88. The molecule has 15 heteroatoms. The summed E-state index contributed by atoms with van der Waals surface area (Å²) in [5, 5.41) is 47.9. The van der Waals surface area contributed by atoms with Gasteiger partial charge in [0.2, 0.25) is 6.79 Å². The fraction of sp³-hybridized carbons (Fsp3) is 0.462. The average molecular weight is 757 g/mol. The highest BCUT2D eigenvalue weighted by molar-refractivity contribution is 7.99. The van der Waals surface area contributed by atoms with Gasteiger partial charge in [-0.3, -0.25) is 19.9 Å². The number of ether oxygens (including phenoxy) is 5. The van der Waals surface area contributed by atoms with Gasteiger partial charge in [-0.25, -0.2) is 4.79 Å². The Morgan fingerprint density at radius 3 is 2.59 bits per heavy atom. The van der Waals surface area contributed by atoms with Crippen LogP contribution in [0.1, 0.15) is 68.8 Å². The van der Waals surface area contributed by atoms with Crippen LogP contribution in [0.15, 0.2) is 18.2 Å². The van der Waals surface area contributed by atoms with E-state index < -0.39 is 46.4 Å². The number of hydrogen-bond donors (Lipinski definition) is 4. The van der Waals surface area contributed by atoms with E-state index in [0.29, 0.717) is 63.6 Å². The molecule has 8 aliphatic heterocycles. The molecule has 8 heterocycles. The van der Waals surface area contributed by atoms with Crippen LogP contribution in [0.25, 0.3) is 0 Å². The Bertz CT molecular complexity index is 2220. The van der Waals surface area contributed by atoms with Crippen molar-refractivity contribution in [2.24, 2.45) is 0 Å². The molecule has 0 saturated carbocycles. The van der Waals surface area contributed by atoms with Crippen LogP contribution >= 0.6 is 11.8 Å². The number of benzene rings is 3. The number of carbonyl (C=O) groups is 2. The maximum Gasteiger partial charge on any atom is 0.331 e. The third-order valence-electron chi connectivity index (χ3n) is 12.2. The summed E-state index contributed by atoms with van der Waals surface area (Å²) < 4.78 is 30.3. The summed E-state index contributed by atoms with van der Waals surface area (Å²) in [6, 6.07) is 5.86. The Morgan fingerprint density at radius 1 is 1.07 bits per heavy atom. The highest BCUT2D eigenvalue weighted by Crippen LogP contribution is 2.65. The number of methoxy groups -OCH3 is 1. The molecule has 3 aromatic carbocycles. The van der Waals surface area contributed by atoms with Crippen molar-refractivity contribution in [2.45, 2.75) is 68.1 Å². The van der Waals surface area contributed by atoms with Gasteiger partial charge in [-0.05, 0) is 61.7 Å². The quantitative estimate of drug-likeness (QED) is 0.169. The van der Waals surface area contributed by atoms with Gasteiger partial charge < -0.3 is 39.0 Å². The Morgan fingerprint density at radius 2 is 1.85 bits per heavy atom. The molecule has 2 saturated heterocycles. The topological polar surface area (TPSA) is 183 Å². The molecule has 8 aliphatic rings. The molecule has 7 atom stereocenters. The van der Waals surface area contributed by atoms with Gasteiger partial charge in [0, 0.05) is 60.5 Å². The summed E-state index contributed by atoms with van der Waals surface area (Å²) in [5.41, 5.74) is 2.38. The lowest BCUT2D eigenvalue weighted by atomic mass is 9.76. The molecule has 0 aliphatic carbocycles. The number of likely N-dealkylation sites (N-methyl/N-ethyl adjacent to an activating group) is 1. The van der Waals surface area contributed by atoms with Crippen molar-refractivity contribution in [3.63, 3.8) is 0 Å². The highest BCUT2D eigenvalue weighted by Gasteiger charge is 2.64. The molecule has 14 nitrogen and oxygen atoms in total. The number of thioether (sulfide) groups is 1. The molecule has 1 spiro atoms. The zero-order valence-corrected chi connectivity index (χ0v) is 31.3. The lowest BCUT2D eigenvalue weighted by Crippen LogP contribution is -2.69. The van der Waals surface area contributed by atoms with Crippen molar-refractivity contribution in [3.05, 3.63) is 62.7 Å². The van der Waals surface area contributed by atoms with Crippen molar-refractivity contribution in [3.8, 4) is 46.3 Å². The number of aromatic hydroxyl groups is 3. The van der Waals surface area contributed by atoms with E-state index in [1.54, 1.807) is 19.1 Å². The zero-order chi connectivity index (χ0) is 38.0. The van der Waals surface area contributed by atoms with E-state index in [1.807, 2.05) is 20.0 Å². The molecule has 0 amide bonds.